The van der Waals surface area contributed by atoms with Gasteiger partial charge in [-0.1, -0.05) is 6.07 Å². The molecule has 0 radical (unpaired) electrons. The summed E-state index contributed by atoms with van der Waals surface area (Å²) in [4.78, 5) is 15.0. The van der Waals surface area contributed by atoms with Gasteiger partial charge < -0.3 is 0 Å². The number of hydrogen-bond acceptors (Lipinski definition) is 3. The maximum atomic E-state index is 11.1. The molecule has 0 saturated carbocycles. The maximum Gasteiger partial charge on any atom is 0.135 e. The van der Waals surface area contributed by atoms with Crippen LogP contribution in [0.15, 0.2) is 17.5 Å². The molecule has 1 unspecified atom stereocenters. The van der Waals surface area contributed by atoms with Gasteiger partial charge in [-0.2, -0.15) is 0 Å². The number of carbonyl (C=O) groups excluding carboxylic acids is 1. The lowest BCUT2D eigenvalue weighted by Crippen LogP contribution is -2.41. The minimum Gasteiger partial charge on any atom is -0.300 e. The molecule has 0 aromatic carbocycles. The molecule has 1 aliphatic heterocycles. The predicted molar refractivity (Wildman–Crippen MR) is 63.3 cm³/mol. The minimum atomic E-state index is 0.426. The Morgan fingerprint density at radius 2 is 2.20 bits per heavy atom. The average Bonchev–Trinajstić information content (AvgIpc) is 2.71. The highest BCUT2D eigenvalue weighted by Crippen LogP contribution is 2.16. The number of rotatable bonds is 3. The van der Waals surface area contributed by atoms with Crippen LogP contribution in [0.1, 0.15) is 24.6 Å². The van der Waals surface area contributed by atoms with E-state index in [-0.39, 0.29) is 0 Å². The SMILES string of the molecule is CC(Cc1cccs1)N1CCC(=O)CC1. The zero-order chi connectivity index (χ0) is 10.7. The summed E-state index contributed by atoms with van der Waals surface area (Å²) in [5, 5.41) is 2.13. The number of likely N-dealkylation sites (tertiary alicyclic amines) is 1. The van der Waals surface area contributed by atoms with E-state index in [1.165, 1.54) is 4.88 Å². The van der Waals surface area contributed by atoms with Gasteiger partial charge in [-0.25, -0.2) is 0 Å². The molecule has 0 bridgehead atoms. The van der Waals surface area contributed by atoms with Crippen LogP contribution in [-0.4, -0.2) is 29.8 Å². The Balaban J connectivity index is 1.85. The van der Waals surface area contributed by atoms with Crippen molar-refractivity contribution < 1.29 is 4.79 Å². The summed E-state index contributed by atoms with van der Waals surface area (Å²) in [6, 6.07) is 4.86. The Morgan fingerprint density at radius 3 is 2.80 bits per heavy atom. The molecule has 1 saturated heterocycles. The van der Waals surface area contributed by atoms with Crippen molar-refractivity contribution in [3.8, 4) is 0 Å². The Kier molecular flexibility index (Phi) is 3.54. The molecule has 0 spiro atoms. The molecule has 0 N–H and O–H groups in total. The third kappa shape index (κ3) is 2.89. The van der Waals surface area contributed by atoms with Gasteiger partial charge in [0.25, 0.3) is 0 Å². The predicted octanol–water partition coefficient (Wildman–Crippen LogP) is 2.34. The van der Waals surface area contributed by atoms with E-state index >= 15 is 0 Å². The van der Waals surface area contributed by atoms with Gasteiger partial charge >= 0.3 is 0 Å². The van der Waals surface area contributed by atoms with Crippen LogP contribution in [0.3, 0.4) is 0 Å². The summed E-state index contributed by atoms with van der Waals surface area (Å²) in [6.45, 7) is 4.16. The monoisotopic (exact) mass is 223 g/mol. The first-order chi connectivity index (χ1) is 7.25. The van der Waals surface area contributed by atoms with Crippen LogP contribution < -0.4 is 0 Å². The van der Waals surface area contributed by atoms with Gasteiger partial charge in [-0.05, 0) is 24.8 Å². The van der Waals surface area contributed by atoms with Crippen molar-refractivity contribution in [1.82, 2.24) is 4.90 Å². The summed E-state index contributed by atoms with van der Waals surface area (Å²) in [6.07, 6.45) is 2.61. The minimum absolute atomic E-state index is 0.426. The lowest BCUT2D eigenvalue weighted by molar-refractivity contribution is -0.121. The van der Waals surface area contributed by atoms with Crippen molar-refractivity contribution in [2.45, 2.75) is 32.2 Å². The largest absolute Gasteiger partial charge is 0.300 e. The van der Waals surface area contributed by atoms with Gasteiger partial charge in [-0.3, -0.25) is 9.69 Å². The number of ketones is 1. The molecule has 1 aromatic rings. The molecule has 1 aliphatic rings. The summed E-state index contributed by atoms with van der Waals surface area (Å²) in [5.41, 5.74) is 0. The highest BCUT2D eigenvalue weighted by atomic mass is 32.1. The van der Waals surface area contributed by atoms with Crippen LogP contribution in [0.4, 0.5) is 0 Å². The molecule has 1 atom stereocenters. The van der Waals surface area contributed by atoms with Crippen LogP contribution in [-0.2, 0) is 11.2 Å². The van der Waals surface area contributed by atoms with Gasteiger partial charge in [-0.15, -0.1) is 11.3 Å². The maximum absolute atomic E-state index is 11.1. The lowest BCUT2D eigenvalue weighted by Gasteiger charge is -2.31. The Labute approximate surface area is 94.9 Å². The van der Waals surface area contributed by atoms with E-state index in [4.69, 9.17) is 0 Å². The van der Waals surface area contributed by atoms with Crippen LogP contribution in [0, 0.1) is 0 Å². The molecule has 82 valence electrons. The molecular formula is C12H17NOS. The van der Waals surface area contributed by atoms with E-state index in [1.54, 1.807) is 0 Å². The second kappa shape index (κ2) is 4.90. The normalized spacial score (nSPS) is 20.5. The number of piperidine rings is 1. The van der Waals surface area contributed by atoms with Crippen molar-refractivity contribution in [1.29, 1.82) is 0 Å². The second-order valence-electron chi connectivity index (χ2n) is 4.21. The summed E-state index contributed by atoms with van der Waals surface area (Å²) >= 11 is 1.82. The van der Waals surface area contributed by atoms with E-state index in [0.717, 1.165) is 32.4 Å². The molecule has 15 heavy (non-hydrogen) atoms. The Morgan fingerprint density at radius 1 is 1.47 bits per heavy atom. The molecule has 0 aliphatic carbocycles. The highest BCUT2D eigenvalue weighted by Gasteiger charge is 2.20. The summed E-state index contributed by atoms with van der Waals surface area (Å²) < 4.78 is 0. The summed E-state index contributed by atoms with van der Waals surface area (Å²) in [7, 11) is 0. The molecule has 2 rings (SSSR count). The van der Waals surface area contributed by atoms with Gasteiger partial charge in [0.2, 0.25) is 0 Å². The van der Waals surface area contributed by atoms with E-state index in [1.807, 2.05) is 11.3 Å². The first-order valence-corrected chi connectivity index (χ1v) is 6.42. The number of hydrogen-bond donors (Lipinski definition) is 0. The van der Waals surface area contributed by atoms with Crippen molar-refractivity contribution in [3.05, 3.63) is 22.4 Å². The molecule has 2 nitrogen and oxygen atoms in total. The fourth-order valence-corrected chi connectivity index (χ4v) is 2.89. The van der Waals surface area contributed by atoms with Crippen LogP contribution in [0.25, 0.3) is 0 Å². The zero-order valence-corrected chi connectivity index (χ0v) is 9.93. The van der Waals surface area contributed by atoms with Gasteiger partial charge in [0, 0.05) is 36.9 Å². The van der Waals surface area contributed by atoms with Crippen LogP contribution in [0.2, 0.25) is 0 Å². The van der Waals surface area contributed by atoms with Crippen molar-refractivity contribution >= 4 is 17.1 Å². The molecule has 3 heteroatoms. The number of carbonyl (C=O) groups is 1. The molecule has 1 aromatic heterocycles. The summed E-state index contributed by atoms with van der Waals surface area (Å²) in [5.74, 6) is 0.426. The first kappa shape index (κ1) is 10.8. The van der Waals surface area contributed by atoms with E-state index in [9.17, 15) is 4.79 Å². The van der Waals surface area contributed by atoms with Gasteiger partial charge in [0.05, 0.1) is 0 Å². The van der Waals surface area contributed by atoms with Gasteiger partial charge in [0.15, 0.2) is 0 Å². The van der Waals surface area contributed by atoms with Gasteiger partial charge in [0.1, 0.15) is 5.78 Å². The van der Waals surface area contributed by atoms with Crippen LogP contribution >= 0.6 is 11.3 Å². The van der Waals surface area contributed by atoms with Crippen molar-refractivity contribution in [3.63, 3.8) is 0 Å². The highest BCUT2D eigenvalue weighted by molar-refractivity contribution is 7.09. The molecule has 0 amide bonds. The van der Waals surface area contributed by atoms with E-state index in [0.29, 0.717) is 11.8 Å². The van der Waals surface area contributed by atoms with E-state index < -0.39 is 0 Å². The zero-order valence-electron chi connectivity index (χ0n) is 9.11. The quantitative estimate of drug-likeness (QED) is 0.784. The van der Waals surface area contributed by atoms with Crippen molar-refractivity contribution in [2.75, 3.05) is 13.1 Å². The van der Waals surface area contributed by atoms with Crippen molar-refractivity contribution in [2.24, 2.45) is 0 Å². The fourth-order valence-electron chi connectivity index (χ4n) is 2.06. The smallest absolute Gasteiger partial charge is 0.135 e. The number of Topliss-reactive ketones (excluding diaryl/α,β-unsaturated/α-hetero) is 1. The van der Waals surface area contributed by atoms with Crippen LogP contribution in [0.5, 0.6) is 0 Å². The second-order valence-corrected chi connectivity index (χ2v) is 5.24. The number of thiophene rings is 1. The first-order valence-electron chi connectivity index (χ1n) is 5.54. The van der Waals surface area contributed by atoms with E-state index in [2.05, 4.69) is 29.3 Å². The Hall–Kier alpha value is -0.670. The molecule has 1 fully saturated rings. The standard InChI is InChI=1S/C12H17NOS/c1-10(9-12-3-2-8-15-12)13-6-4-11(14)5-7-13/h2-3,8,10H,4-7,9H2,1H3. The topological polar surface area (TPSA) is 20.3 Å². The third-order valence-corrected chi connectivity index (χ3v) is 3.95. The number of nitrogens with zero attached hydrogens (tertiary/aromatic N) is 1. The molecular weight excluding hydrogens is 206 g/mol. The fraction of sp³-hybridized carbons (Fsp3) is 0.583. The average molecular weight is 223 g/mol. The third-order valence-electron chi connectivity index (χ3n) is 3.06. The molecule has 2 heterocycles. The Bertz CT molecular complexity index is 310. The lowest BCUT2D eigenvalue weighted by atomic mass is 10.1.